The highest BCUT2D eigenvalue weighted by Crippen LogP contribution is 2.53. The van der Waals surface area contributed by atoms with Crippen molar-refractivity contribution >= 4 is 5.69 Å². The lowest BCUT2D eigenvalue weighted by Crippen LogP contribution is -2.37. The summed E-state index contributed by atoms with van der Waals surface area (Å²) >= 11 is 0. The number of rotatable bonds is 18. The highest BCUT2D eigenvalue weighted by atomic mass is 16.6. The molecule has 0 saturated carbocycles. The summed E-state index contributed by atoms with van der Waals surface area (Å²) in [6, 6.07) is 69.8. The molecule has 7 heteroatoms. The number of anilines is 1. The standard InChI is InChI=1S/C58H53NO6/c1-59(2)49-31-28-47(29-32-49)55-56-53(63-40-45-24-14-6-15-25-45)35-50(60-37-42-18-8-3-9-19-42)36-54(56)65-57(58(55)64-41-46-26-16-7-17-27-46)48-30-33-51(61-38-43-20-10-4-11-21-43)52(34-48)62-39-44-22-12-5-13-23-44/h3-36,55,57-58H,37-41H2,1-2H3/t55-,57+,58-/m0/s1. The Balaban J connectivity index is 1.18. The fraction of sp³-hybridized carbons (Fsp3) is 0.172. The molecule has 1 aliphatic heterocycles. The van der Waals surface area contributed by atoms with E-state index in [4.69, 9.17) is 28.4 Å². The highest BCUT2D eigenvalue weighted by molar-refractivity contribution is 5.59. The number of nitrogens with zero attached hydrogens (tertiary/aromatic N) is 1. The summed E-state index contributed by atoms with van der Waals surface area (Å²) in [7, 11) is 4.11. The maximum absolute atomic E-state index is 7.32. The molecule has 0 N–H and O–H groups in total. The van der Waals surface area contributed by atoms with Crippen LogP contribution in [0.1, 0.15) is 56.5 Å². The van der Waals surface area contributed by atoms with Crippen LogP contribution in [0.5, 0.6) is 28.7 Å². The Hall–Kier alpha value is -7.48. The molecule has 0 bridgehead atoms. The lowest BCUT2D eigenvalue weighted by molar-refractivity contribution is -0.0570. The minimum atomic E-state index is -0.599. The van der Waals surface area contributed by atoms with Crippen LogP contribution < -0.4 is 28.6 Å². The lowest BCUT2D eigenvalue weighted by atomic mass is 9.79. The second kappa shape index (κ2) is 20.8. The van der Waals surface area contributed by atoms with Crippen molar-refractivity contribution in [2.75, 3.05) is 19.0 Å². The summed E-state index contributed by atoms with van der Waals surface area (Å²) in [6.07, 6.45) is -1.13. The Morgan fingerprint density at radius 1 is 0.415 bits per heavy atom. The van der Waals surface area contributed by atoms with E-state index in [0.29, 0.717) is 61.8 Å². The Morgan fingerprint density at radius 3 is 1.37 bits per heavy atom. The Labute approximate surface area is 382 Å². The van der Waals surface area contributed by atoms with E-state index in [0.717, 1.165) is 50.2 Å². The van der Waals surface area contributed by atoms with E-state index >= 15 is 0 Å². The molecule has 65 heavy (non-hydrogen) atoms. The van der Waals surface area contributed by atoms with Gasteiger partial charge in [0.15, 0.2) is 17.6 Å². The van der Waals surface area contributed by atoms with Crippen molar-refractivity contribution in [2.45, 2.75) is 51.2 Å². The lowest BCUT2D eigenvalue weighted by Gasteiger charge is -2.41. The monoisotopic (exact) mass is 859 g/mol. The Morgan fingerprint density at radius 2 is 0.862 bits per heavy atom. The molecule has 0 aromatic heterocycles. The van der Waals surface area contributed by atoms with Crippen molar-refractivity contribution in [1.29, 1.82) is 0 Å². The van der Waals surface area contributed by atoms with Gasteiger partial charge in [0.05, 0.1) is 6.61 Å². The molecule has 8 aromatic rings. The number of ether oxygens (including phenoxy) is 6. The predicted molar refractivity (Wildman–Crippen MR) is 257 cm³/mol. The summed E-state index contributed by atoms with van der Waals surface area (Å²) in [4.78, 5) is 2.11. The van der Waals surface area contributed by atoms with Gasteiger partial charge in [-0.15, -0.1) is 0 Å². The summed E-state index contributed by atoms with van der Waals surface area (Å²) in [5, 5.41) is 0. The summed E-state index contributed by atoms with van der Waals surface area (Å²) < 4.78 is 41.1. The molecule has 9 rings (SSSR count). The molecule has 0 spiro atoms. The second-order valence-electron chi connectivity index (χ2n) is 16.4. The van der Waals surface area contributed by atoms with Gasteiger partial charge in [0, 0.05) is 43.4 Å². The van der Waals surface area contributed by atoms with Gasteiger partial charge in [-0.3, -0.25) is 0 Å². The first kappa shape index (κ1) is 42.8. The highest BCUT2D eigenvalue weighted by Gasteiger charge is 2.44. The minimum Gasteiger partial charge on any atom is -0.489 e. The summed E-state index contributed by atoms with van der Waals surface area (Å²) in [5.74, 6) is 2.87. The van der Waals surface area contributed by atoms with Gasteiger partial charge in [-0.05, 0) is 63.2 Å². The summed E-state index contributed by atoms with van der Waals surface area (Å²) in [5.41, 5.74) is 9.20. The maximum Gasteiger partial charge on any atom is 0.162 e. The molecule has 1 aliphatic rings. The first-order chi connectivity index (χ1) is 32.0. The quantitative estimate of drug-likeness (QED) is 0.0852. The third-order valence-corrected chi connectivity index (χ3v) is 11.6. The van der Waals surface area contributed by atoms with Crippen LogP contribution in [0.15, 0.2) is 206 Å². The molecule has 8 aromatic carbocycles. The van der Waals surface area contributed by atoms with E-state index in [9.17, 15) is 0 Å². The van der Waals surface area contributed by atoms with E-state index < -0.39 is 12.2 Å². The fourth-order valence-electron chi connectivity index (χ4n) is 8.15. The molecule has 3 atom stereocenters. The van der Waals surface area contributed by atoms with Crippen LogP contribution in [0.2, 0.25) is 0 Å². The molecular weight excluding hydrogens is 807 g/mol. The molecule has 7 nitrogen and oxygen atoms in total. The third kappa shape index (κ3) is 10.8. The molecule has 326 valence electrons. The number of hydrogen-bond acceptors (Lipinski definition) is 7. The normalized spacial score (nSPS) is 15.3. The van der Waals surface area contributed by atoms with Crippen LogP contribution in [-0.2, 0) is 37.8 Å². The van der Waals surface area contributed by atoms with Crippen LogP contribution in [0.25, 0.3) is 0 Å². The Kier molecular flexibility index (Phi) is 13.7. The third-order valence-electron chi connectivity index (χ3n) is 11.6. The molecule has 0 fully saturated rings. The van der Waals surface area contributed by atoms with Crippen molar-refractivity contribution in [3.8, 4) is 28.7 Å². The fourth-order valence-corrected chi connectivity index (χ4v) is 8.15. The van der Waals surface area contributed by atoms with Crippen molar-refractivity contribution in [3.05, 3.63) is 251 Å². The largest absolute Gasteiger partial charge is 0.489 e. The van der Waals surface area contributed by atoms with Gasteiger partial charge in [0.1, 0.15) is 49.8 Å². The van der Waals surface area contributed by atoms with Crippen LogP contribution in [0, 0.1) is 0 Å². The van der Waals surface area contributed by atoms with Crippen LogP contribution in [0.4, 0.5) is 5.69 Å². The van der Waals surface area contributed by atoms with Gasteiger partial charge in [-0.2, -0.15) is 0 Å². The van der Waals surface area contributed by atoms with Crippen molar-refractivity contribution < 1.29 is 28.4 Å². The maximum atomic E-state index is 7.32. The second-order valence-corrected chi connectivity index (χ2v) is 16.4. The Bertz CT molecular complexity index is 2710. The number of fused-ring (bicyclic) bond motifs is 1. The molecule has 0 amide bonds. The zero-order valence-electron chi connectivity index (χ0n) is 36.8. The number of hydrogen-bond donors (Lipinski definition) is 0. The molecule has 0 saturated heterocycles. The SMILES string of the molecule is CN(C)c1ccc([C@H]2c3c(OCc4ccccc4)cc(OCc4ccccc4)cc3O[C@H](c3ccc(OCc4ccccc4)c(OCc4ccccc4)c3)[C@H]2OCc2ccccc2)cc1. The van der Waals surface area contributed by atoms with Gasteiger partial charge in [0.25, 0.3) is 0 Å². The zero-order chi connectivity index (χ0) is 44.2. The summed E-state index contributed by atoms with van der Waals surface area (Å²) in [6.45, 7) is 1.85. The van der Waals surface area contributed by atoms with Crippen molar-refractivity contribution in [1.82, 2.24) is 0 Å². The van der Waals surface area contributed by atoms with Gasteiger partial charge in [-0.1, -0.05) is 170 Å². The van der Waals surface area contributed by atoms with Crippen LogP contribution in [-0.4, -0.2) is 20.2 Å². The molecule has 0 unspecified atom stereocenters. The molecule has 0 aliphatic carbocycles. The van der Waals surface area contributed by atoms with Crippen molar-refractivity contribution in [2.24, 2.45) is 0 Å². The smallest absolute Gasteiger partial charge is 0.162 e. The van der Waals surface area contributed by atoms with Gasteiger partial charge in [-0.25, -0.2) is 0 Å². The van der Waals surface area contributed by atoms with Crippen LogP contribution in [0.3, 0.4) is 0 Å². The predicted octanol–water partition coefficient (Wildman–Crippen LogP) is 12.9. The number of benzene rings is 8. The first-order valence-electron chi connectivity index (χ1n) is 22.1. The topological polar surface area (TPSA) is 58.6 Å². The first-order valence-corrected chi connectivity index (χ1v) is 22.1. The molecule has 1 heterocycles. The molecular formula is C58H53NO6. The van der Waals surface area contributed by atoms with E-state index in [1.807, 2.05) is 115 Å². The van der Waals surface area contributed by atoms with Gasteiger partial charge in [0.2, 0.25) is 0 Å². The zero-order valence-corrected chi connectivity index (χ0v) is 36.8. The van der Waals surface area contributed by atoms with Crippen molar-refractivity contribution in [3.63, 3.8) is 0 Å². The van der Waals surface area contributed by atoms with Crippen LogP contribution >= 0.6 is 0 Å². The minimum absolute atomic E-state index is 0.333. The van der Waals surface area contributed by atoms with E-state index in [2.05, 4.69) is 110 Å². The van der Waals surface area contributed by atoms with E-state index in [-0.39, 0.29) is 5.92 Å². The molecule has 0 radical (unpaired) electrons. The average Bonchev–Trinajstić information content (AvgIpc) is 3.36. The van der Waals surface area contributed by atoms with Gasteiger partial charge < -0.3 is 33.3 Å². The van der Waals surface area contributed by atoms with Gasteiger partial charge >= 0.3 is 0 Å². The average molecular weight is 860 g/mol. The van der Waals surface area contributed by atoms with E-state index in [1.54, 1.807) is 0 Å². The van der Waals surface area contributed by atoms with E-state index in [1.165, 1.54) is 0 Å².